The lowest BCUT2D eigenvalue weighted by molar-refractivity contribution is 0.142. The first-order valence-corrected chi connectivity index (χ1v) is 12.7. The Kier molecular flexibility index (Phi) is 6.66. The van der Waals surface area contributed by atoms with Crippen LogP contribution in [-0.4, -0.2) is 70.8 Å². The largest absolute Gasteiger partial charge is 0.493 e. The minimum Gasteiger partial charge on any atom is -0.493 e. The summed E-state index contributed by atoms with van der Waals surface area (Å²) in [4.78, 5) is 35.6. The molecule has 4 aromatic rings. The normalized spacial score (nSPS) is 14.3. The number of hydrogen-bond acceptors (Lipinski definition) is 9. The Labute approximate surface area is 209 Å². The van der Waals surface area contributed by atoms with E-state index in [9.17, 15) is 9.59 Å². The molecule has 5 rings (SSSR count). The number of fused-ring (bicyclic) bond motifs is 1. The van der Waals surface area contributed by atoms with Crippen LogP contribution in [0.4, 0.5) is 10.5 Å². The van der Waals surface area contributed by atoms with Gasteiger partial charge < -0.3 is 19.7 Å². The van der Waals surface area contributed by atoms with Gasteiger partial charge in [-0.15, -0.1) is 11.3 Å². The van der Waals surface area contributed by atoms with E-state index in [0.717, 1.165) is 9.88 Å². The average Bonchev–Trinajstić information content (AvgIpc) is 3.55. The van der Waals surface area contributed by atoms with E-state index in [0.29, 0.717) is 60.6 Å². The summed E-state index contributed by atoms with van der Waals surface area (Å²) in [5.41, 5.74) is 1.16. The number of urea groups is 1. The van der Waals surface area contributed by atoms with Crippen LogP contribution in [0.3, 0.4) is 0 Å². The van der Waals surface area contributed by atoms with Gasteiger partial charge in [-0.05, 0) is 23.6 Å². The summed E-state index contributed by atoms with van der Waals surface area (Å²) in [5.74, 6) is 1.16. The van der Waals surface area contributed by atoms with Crippen molar-refractivity contribution in [2.45, 2.75) is 6.54 Å². The molecule has 3 aromatic heterocycles. The van der Waals surface area contributed by atoms with Crippen LogP contribution in [0.1, 0.15) is 5.69 Å². The van der Waals surface area contributed by atoms with Crippen molar-refractivity contribution >= 4 is 39.4 Å². The standard InChI is InChI=1S/C23H24N6O4S2/c1-32-17-6-5-15(12-18(17)33-2)24-22(31)28-9-7-27(8-10-28)14-16-13-20(30)29-23(25-16)35-21(26-29)19-4-3-11-34-19/h3-6,11-13H,7-10,14H2,1-2H3,(H,24,31). The molecule has 1 aromatic carbocycles. The molecular weight excluding hydrogens is 488 g/mol. The zero-order valence-electron chi connectivity index (χ0n) is 19.3. The highest BCUT2D eigenvalue weighted by molar-refractivity contribution is 7.23. The molecule has 1 fully saturated rings. The zero-order chi connectivity index (χ0) is 24.4. The molecule has 4 heterocycles. The second kappa shape index (κ2) is 10.0. The lowest BCUT2D eigenvalue weighted by Crippen LogP contribution is -2.49. The van der Waals surface area contributed by atoms with Crippen molar-refractivity contribution < 1.29 is 14.3 Å². The Balaban J connectivity index is 1.20. The van der Waals surface area contributed by atoms with E-state index in [1.54, 1.807) is 54.7 Å². The van der Waals surface area contributed by atoms with Crippen LogP contribution in [0.2, 0.25) is 0 Å². The first-order chi connectivity index (χ1) is 17.0. The van der Waals surface area contributed by atoms with Crippen LogP contribution in [0, 0.1) is 0 Å². The summed E-state index contributed by atoms with van der Waals surface area (Å²) in [7, 11) is 3.13. The molecular formula is C23H24N6O4S2. The fourth-order valence-corrected chi connectivity index (χ4v) is 5.61. The topological polar surface area (TPSA) is 101 Å². The van der Waals surface area contributed by atoms with E-state index in [1.165, 1.54) is 15.9 Å². The average molecular weight is 513 g/mol. The second-order valence-electron chi connectivity index (χ2n) is 7.93. The molecule has 1 saturated heterocycles. The summed E-state index contributed by atoms with van der Waals surface area (Å²) in [5, 5.41) is 10.1. The molecule has 35 heavy (non-hydrogen) atoms. The number of piperazine rings is 1. The monoisotopic (exact) mass is 512 g/mol. The summed E-state index contributed by atoms with van der Waals surface area (Å²) in [6.07, 6.45) is 0. The Morgan fingerprint density at radius 2 is 1.89 bits per heavy atom. The first-order valence-electron chi connectivity index (χ1n) is 11.0. The fraction of sp³-hybridized carbons (Fsp3) is 0.304. The third kappa shape index (κ3) is 4.99. The van der Waals surface area contributed by atoms with E-state index >= 15 is 0 Å². The van der Waals surface area contributed by atoms with Crippen LogP contribution in [-0.2, 0) is 6.54 Å². The molecule has 12 heteroatoms. The smallest absolute Gasteiger partial charge is 0.321 e. The molecule has 1 aliphatic rings. The SMILES string of the molecule is COc1ccc(NC(=O)N2CCN(Cc3cc(=O)n4nc(-c5cccs5)sc4n3)CC2)cc1OC. The first kappa shape index (κ1) is 23.3. The highest BCUT2D eigenvalue weighted by atomic mass is 32.1. The van der Waals surface area contributed by atoms with Gasteiger partial charge in [-0.3, -0.25) is 9.69 Å². The summed E-state index contributed by atoms with van der Waals surface area (Å²) < 4.78 is 11.9. The quantitative estimate of drug-likeness (QED) is 0.423. The zero-order valence-corrected chi connectivity index (χ0v) is 20.9. The van der Waals surface area contributed by atoms with Crippen molar-refractivity contribution in [3.8, 4) is 21.4 Å². The van der Waals surface area contributed by atoms with Gasteiger partial charge in [0.15, 0.2) is 16.5 Å². The number of benzene rings is 1. The predicted octanol–water partition coefficient (Wildman–Crippen LogP) is 3.25. The van der Waals surface area contributed by atoms with Crippen LogP contribution < -0.4 is 20.3 Å². The molecule has 0 unspecified atom stereocenters. The molecule has 2 amide bonds. The number of methoxy groups -OCH3 is 2. The lowest BCUT2D eigenvalue weighted by Gasteiger charge is -2.34. The number of carbonyl (C=O) groups excluding carboxylic acids is 1. The van der Waals surface area contributed by atoms with E-state index in [1.807, 2.05) is 17.5 Å². The van der Waals surface area contributed by atoms with Crippen LogP contribution in [0.5, 0.6) is 11.5 Å². The van der Waals surface area contributed by atoms with Gasteiger partial charge in [0.25, 0.3) is 5.56 Å². The molecule has 0 radical (unpaired) electrons. The molecule has 182 valence electrons. The van der Waals surface area contributed by atoms with Crippen molar-refractivity contribution in [3.05, 3.63) is 57.8 Å². The molecule has 0 spiro atoms. The molecule has 1 N–H and O–H groups in total. The van der Waals surface area contributed by atoms with Crippen molar-refractivity contribution in [3.63, 3.8) is 0 Å². The number of ether oxygens (including phenoxy) is 2. The number of aromatic nitrogens is 3. The third-order valence-corrected chi connectivity index (χ3v) is 7.66. The number of nitrogens with zero attached hydrogens (tertiary/aromatic N) is 5. The van der Waals surface area contributed by atoms with E-state index < -0.39 is 0 Å². The summed E-state index contributed by atoms with van der Waals surface area (Å²) in [6, 6.07) is 10.6. The van der Waals surface area contributed by atoms with Gasteiger partial charge in [-0.2, -0.15) is 9.61 Å². The van der Waals surface area contributed by atoms with E-state index in [4.69, 9.17) is 9.47 Å². The van der Waals surface area contributed by atoms with Gasteiger partial charge in [0, 0.05) is 50.5 Å². The molecule has 0 atom stereocenters. The lowest BCUT2D eigenvalue weighted by atomic mass is 10.2. The maximum atomic E-state index is 12.7. The maximum Gasteiger partial charge on any atom is 0.321 e. The van der Waals surface area contributed by atoms with Crippen molar-refractivity contribution in [1.82, 2.24) is 24.4 Å². The van der Waals surface area contributed by atoms with Crippen molar-refractivity contribution in [1.29, 1.82) is 0 Å². The minimum absolute atomic E-state index is 0.166. The Hall–Kier alpha value is -3.48. The fourth-order valence-electron chi connectivity index (χ4n) is 3.89. The number of carbonyl (C=O) groups is 1. The molecule has 10 nitrogen and oxygen atoms in total. The maximum absolute atomic E-state index is 12.7. The van der Waals surface area contributed by atoms with Gasteiger partial charge in [0.2, 0.25) is 4.96 Å². The summed E-state index contributed by atoms with van der Waals surface area (Å²) >= 11 is 2.99. The number of nitrogens with one attached hydrogen (secondary N) is 1. The van der Waals surface area contributed by atoms with E-state index in [2.05, 4.69) is 20.3 Å². The van der Waals surface area contributed by atoms with Gasteiger partial charge >= 0.3 is 6.03 Å². The van der Waals surface area contributed by atoms with Crippen molar-refractivity contribution in [2.75, 3.05) is 45.7 Å². The number of hydrogen-bond donors (Lipinski definition) is 1. The highest BCUT2D eigenvalue weighted by Crippen LogP contribution is 2.30. The molecule has 0 aliphatic carbocycles. The van der Waals surface area contributed by atoms with Crippen molar-refractivity contribution in [2.24, 2.45) is 0 Å². The summed E-state index contributed by atoms with van der Waals surface area (Å²) in [6.45, 7) is 3.06. The number of amides is 2. The Morgan fingerprint density at radius 3 is 2.60 bits per heavy atom. The van der Waals surface area contributed by atoms with Gasteiger partial charge in [0.05, 0.1) is 24.8 Å². The Bertz CT molecular complexity index is 1390. The Morgan fingerprint density at radius 1 is 1.09 bits per heavy atom. The van der Waals surface area contributed by atoms with Gasteiger partial charge in [0.1, 0.15) is 0 Å². The number of rotatable bonds is 6. The molecule has 0 bridgehead atoms. The number of thiophene rings is 1. The molecule has 0 saturated carbocycles. The van der Waals surface area contributed by atoms with E-state index in [-0.39, 0.29) is 11.6 Å². The predicted molar refractivity (Wildman–Crippen MR) is 136 cm³/mol. The van der Waals surface area contributed by atoms with Crippen LogP contribution in [0.15, 0.2) is 46.6 Å². The van der Waals surface area contributed by atoms with Gasteiger partial charge in [-0.1, -0.05) is 17.4 Å². The highest BCUT2D eigenvalue weighted by Gasteiger charge is 2.22. The van der Waals surface area contributed by atoms with Crippen LogP contribution in [0.25, 0.3) is 14.8 Å². The second-order valence-corrected chi connectivity index (χ2v) is 9.83. The third-order valence-electron chi connectivity index (χ3n) is 5.71. The van der Waals surface area contributed by atoms with Crippen LogP contribution >= 0.6 is 22.7 Å². The van der Waals surface area contributed by atoms with Gasteiger partial charge in [-0.25, -0.2) is 9.78 Å². The number of anilines is 1. The minimum atomic E-state index is -0.183. The molecule has 1 aliphatic heterocycles.